The minimum Gasteiger partial charge on any atom is -0.419 e. The van der Waals surface area contributed by atoms with Crippen molar-refractivity contribution in [1.29, 1.82) is 0 Å². The molecule has 6 heteroatoms. The predicted octanol–water partition coefficient (Wildman–Crippen LogP) is 5.73. The van der Waals surface area contributed by atoms with Crippen LogP contribution in [0.2, 0.25) is 12.1 Å². The molecule has 0 spiro atoms. The Morgan fingerprint density at radius 1 is 0.607 bits per heavy atom. The Hall–Kier alpha value is 0.274. The zero-order valence-corrected chi connectivity index (χ0v) is 21.3. The van der Waals surface area contributed by atoms with Gasteiger partial charge in [0.1, 0.15) is 0 Å². The van der Waals surface area contributed by atoms with Crippen molar-refractivity contribution in [2.24, 2.45) is 0 Å². The van der Waals surface area contributed by atoms with Crippen LogP contribution in [0.4, 0.5) is 0 Å². The van der Waals surface area contributed by atoms with Gasteiger partial charge in [0.15, 0.2) is 0 Å². The monoisotopic (exact) mass is 434 g/mol. The van der Waals surface area contributed by atoms with Crippen molar-refractivity contribution in [3.63, 3.8) is 0 Å². The van der Waals surface area contributed by atoms with E-state index in [0.717, 1.165) is 31.4 Å². The lowest BCUT2D eigenvalue weighted by Crippen LogP contribution is -2.31. The number of unbranched alkanes of at least 4 members (excludes halogenated alkanes) is 15. The maximum atomic E-state index is 10.2. The number of hydrogen-bond donors (Lipinski definition) is 2. The summed E-state index contributed by atoms with van der Waals surface area (Å²) in [6, 6.07) is 1.92. The van der Waals surface area contributed by atoms with Gasteiger partial charge in [0.25, 0.3) is 0 Å². The van der Waals surface area contributed by atoms with Gasteiger partial charge in [-0.1, -0.05) is 110 Å². The van der Waals surface area contributed by atoms with Gasteiger partial charge in [-0.25, -0.2) is 0 Å². The third kappa shape index (κ3) is 21.0. The minimum atomic E-state index is -2.02. The van der Waals surface area contributed by atoms with Crippen molar-refractivity contribution in [2.45, 2.75) is 128 Å². The fraction of sp³-hybridized carbons (Fsp3) is 1.00. The molecule has 2 unspecified atom stereocenters. The van der Waals surface area contributed by atoms with Gasteiger partial charge < -0.3 is 18.4 Å². The first kappa shape index (κ1) is 28.3. The van der Waals surface area contributed by atoms with Crippen molar-refractivity contribution >= 4 is 18.6 Å². The molecule has 0 aliphatic carbocycles. The average molecular weight is 435 g/mol. The first-order chi connectivity index (χ1) is 13.7. The van der Waals surface area contributed by atoms with Crippen LogP contribution in [0.15, 0.2) is 0 Å². The molecular formula is C22H50O4Si2. The molecule has 2 N–H and O–H groups in total. The highest BCUT2D eigenvalue weighted by Crippen LogP contribution is 2.14. The maximum absolute atomic E-state index is 10.2. The Bertz CT molecular complexity index is 296. The van der Waals surface area contributed by atoms with E-state index in [9.17, 15) is 4.80 Å². The number of hydrogen-bond acceptors (Lipinski definition) is 4. The zero-order chi connectivity index (χ0) is 20.7. The molecule has 0 aliphatic heterocycles. The molecule has 0 rings (SSSR count). The van der Waals surface area contributed by atoms with Gasteiger partial charge in [0.2, 0.25) is 0 Å². The predicted molar refractivity (Wildman–Crippen MR) is 125 cm³/mol. The van der Waals surface area contributed by atoms with E-state index in [1.54, 1.807) is 7.11 Å². The standard InChI is InChI=1S/C22H50O4Si2/c1-3-4-5-6-7-9-13-16-19-22-28(25-2)26-27(24)21-18-15-12-10-8-11-14-17-20-23/h23-24,27-28H,3-22H2,1-2H3. The molecule has 0 aliphatic rings. The van der Waals surface area contributed by atoms with Crippen LogP contribution in [-0.2, 0) is 8.54 Å². The van der Waals surface area contributed by atoms with Gasteiger partial charge in [0.05, 0.1) is 0 Å². The van der Waals surface area contributed by atoms with Crippen LogP contribution in [0.25, 0.3) is 0 Å². The molecular weight excluding hydrogens is 384 g/mol. The molecule has 2 atom stereocenters. The summed E-state index contributed by atoms with van der Waals surface area (Å²) in [6.45, 7) is 2.59. The number of aliphatic hydroxyl groups is 1. The number of rotatable bonds is 23. The second-order valence-corrected chi connectivity index (χ2v) is 12.7. The summed E-state index contributed by atoms with van der Waals surface area (Å²) in [7, 11) is -1.91. The highest BCUT2D eigenvalue weighted by atomic mass is 28.4. The van der Waals surface area contributed by atoms with Crippen LogP contribution in [0.1, 0.15) is 116 Å². The number of aliphatic hydroxyl groups excluding tert-OH is 1. The lowest BCUT2D eigenvalue weighted by Gasteiger charge is -2.18. The van der Waals surface area contributed by atoms with Crippen LogP contribution < -0.4 is 0 Å². The Labute approximate surface area is 179 Å². The van der Waals surface area contributed by atoms with Gasteiger partial charge >= 0.3 is 18.6 Å². The van der Waals surface area contributed by atoms with Gasteiger partial charge in [-0.05, 0) is 18.5 Å². The molecule has 170 valence electrons. The minimum absolute atomic E-state index is 0.327. The van der Waals surface area contributed by atoms with Crippen LogP contribution in [-0.4, -0.2) is 42.2 Å². The zero-order valence-electron chi connectivity index (χ0n) is 19.0. The molecule has 0 radical (unpaired) electrons. The van der Waals surface area contributed by atoms with E-state index in [4.69, 9.17) is 13.6 Å². The average Bonchev–Trinajstić information content (AvgIpc) is 2.70. The quantitative estimate of drug-likeness (QED) is 0.159. The fourth-order valence-corrected chi connectivity index (χ4v) is 8.03. The lowest BCUT2D eigenvalue weighted by atomic mass is 10.1. The highest BCUT2D eigenvalue weighted by molar-refractivity contribution is 6.58. The summed E-state index contributed by atoms with van der Waals surface area (Å²) in [6.07, 6.45) is 21.5. The molecule has 0 bridgehead atoms. The first-order valence-electron chi connectivity index (χ1n) is 12.2. The SMILES string of the molecule is CCCCCCCCCCC[SiH](OC)O[SiH](O)CCCCCCCCCCO. The first-order valence-corrected chi connectivity index (χ1v) is 15.8. The van der Waals surface area contributed by atoms with Crippen LogP contribution in [0, 0.1) is 0 Å². The van der Waals surface area contributed by atoms with Crippen molar-refractivity contribution in [3.8, 4) is 0 Å². The van der Waals surface area contributed by atoms with E-state index in [1.165, 1.54) is 89.9 Å². The summed E-state index contributed by atoms with van der Waals surface area (Å²) in [5.74, 6) is 0. The highest BCUT2D eigenvalue weighted by Gasteiger charge is 2.17. The summed E-state index contributed by atoms with van der Waals surface area (Å²) in [4.78, 5) is 10.2. The topological polar surface area (TPSA) is 58.9 Å². The normalized spacial score (nSPS) is 13.7. The molecule has 0 fully saturated rings. The molecule has 28 heavy (non-hydrogen) atoms. The summed E-state index contributed by atoms with van der Waals surface area (Å²) >= 11 is 0. The molecule has 0 saturated heterocycles. The Kier molecular flexibility index (Phi) is 23.8. The maximum Gasteiger partial charge on any atom is 0.312 e. The smallest absolute Gasteiger partial charge is 0.312 e. The van der Waals surface area contributed by atoms with E-state index in [-0.39, 0.29) is 0 Å². The third-order valence-electron chi connectivity index (χ3n) is 5.47. The summed E-state index contributed by atoms with van der Waals surface area (Å²) < 4.78 is 11.5. The van der Waals surface area contributed by atoms with Crippen molar-refractivity contribution in [3.05, 3.63) is 0 Å². The molecule has 4 nitrogen and oxygen atoms in total. The van der Waals surface area contributed by atoms with E-state index in [2.05, 4.69) is 6.92 Å². The Morgan fingerprint density at radius 3 is 1.50 bits per heavy atom. The summed E-state index contributed by atoms with van der Waals surface area (Å²) in [5.41, 5.74) is 0. The van der Waals surface area contributed by atoms with Crippen molar-refractivity contribution in [1.82, 2.24) is 0 Å². The van der Waals surface area contributed by atoms with Gasteiger partial charge in [0, 0.05) is 13.7 Å². The second kappa shape index (κ2) is 23.6. The van der Waals surface area contributed by atoms with E-state index < -0.39 is 18.6 Å². The van der Waals surface area contributed by atoms with Gasteiger partial charge in [-0.2, -0.15) is 0 Å². The second-order valence-electron chi connectivity index (χ2n) is 8.21. The Morgan fingerprint density at radius 2 is 1.04 bits per heavy atom. The molecule has 0 aromatic carbocycles. The van der Waals surface area contributed by atoms with E-state index in [0.29, 0.717) is 6.61 Å². The lowest BCUT2D eigenvalue weighted by molar-refractivity contribution is 0.282. The van der Waals surface area contributed by atoms with Crippen LogP contribution in [0.3, 0.4) is 0 Å². The third-order valence-corrected chi connectivity index (χ3v) is 10.3. The van der Waals surface area contributed by atoms with Crippen molar-refractivity contribution in [2.75, 3.05) is 13.7 Å². The van der Waals surface area contributed by atoms with Crippen LogP contribution in [0.5, 0.6) is 0 Å². The van der Waals surface area contributed by atoms with Crippen LogP contribution >= 0.6 is 0 Å². The molecule has 0 amide bonds. The fourth-order valence-electron chi connectivity index (χ4n) is 3.60. The van der Waals surface area contributed by atoms with E-state index in [1.807, 2.05) is 0 Å². The van der Waals surface area contributed by atoms with E-state index >= 15 is 0 Å². The van der Waals surface area contributed by atoms with Crippen molar-refractivity contribution < 1.29 is 18.4 Å². The molecule has 0 aromatic heterocycles. The van der Waals surface area contributed by atoms with Gasteiger partial charge in [-0.15, -0.1) is 0 Å². The largest absolute Gasteiger partial charge is 0.419 e. The summed E-state index contributed by atoms with van der Waals surface area (Å²) in [5, 5.41) is 8.75. The molecule has 0 heterocycles. The van der Waals surface area contributed by atoms with Gasteiger partial charge in [-0.3, -0.25) is 0 Å². The molecule has 0 aromatic rings. The molecule has 0 saturated carbocycles. The Balaban J connectivity index is 3.46.